The van der Waals surface area contributed by atoms with Gasteiger partial charge in [0.1, 0.15) is 6.26 Å². The number of aliphatic hydroxyl groups excluding tert-OH is 1. The first-order chi connectivity index (χ1) is 13.7. The first-order valence-corrected chi connectivity index (χ1v) is 9.52. The molecule has 1 N–H and O–H groups in total. The SMILES string of the molecule is Cc1coc(C2CC(c3ccc(C(F)(F)F)cc3)CN(C(=O)N3CC(O)C3)C2)n1. The number of hydrogen-bond acceptors (Lipinski definition) is 4. The number of likely N-dealkylation sites (tertiary alicyclic amines) is 2. The molecule has 2 amide bonds. The third-order valence-corrected chi connectivity index (χ3v) is 5.55. The van der Waals surface area contributed by atoms with E-state index in [4.69, 9.17) is 4.42 Å². The predicted molar refractivity (Wildman–Crippen MR) is 97.3 cm³/mol. The first-order valence-electron chi connectivity index (χ1n) is 9.52. The van der Waals surface area contributed by atoms with Crippen molar-refractivity contribution in [2.24, 2.45) is 0 Å². The van der Waals surface area contributed by atoms with Crippen LogP contribution in [0.1, 0.15) is 41.0 Å². The van der Waals surface area contributed by atoms with E-state index in [2.05, 4.69) is 4.98 Å². The van der Waals surface area contributed by atoms with Crippen molar-refractivity contribution in [1.82, 2.24) is 14.8 Å². The second kappa shape index (κ2) is 7.37. The van der Waals surface area contributed by atoms with Gasteiger partial charge in [-0.25, -0.2) is 9.78 Å². The number of hydrogen-bond donors (Lipinski definition) is 1. The Bertz CT molecular complexity index is 875. The van der Waals surface area contributed by atoms with Crippen molar-refractivity contribution in [3.05, 3.63) is 53.2 Å². The number of halogens is 3. The van der Waals surface area contributed by atoms with Gasteiger partial charge in [0.2, 0.25) is 0 Å². The smallest absolute Gasteiger partial charge is 0.416 e. The second-order valence-corrected chi connectivity index (χ2v) is 7.82. The minimum Gasteiger partial charge on any atom is -0.448 e. The summed E-state index contributed by atoms with van der Waals surface area (Å²) in [6.07, 6.45) is -2.71. The van der Waals surface area contributed by atoms with Crippen molar-refractivity contribution >= 4 is 6.03 Å². The Morgan fingerprint density at radius 2 is 1.72 bits per heavy atom. The van der Waals surface area contributed by atoms with Gasteiger partial charge in [-0.05, 0) is 31.0 Å². The van der Waals surface area contributed by atoms with Gasteiger partial charge in [0, 0.05) is 19.0 Å². The minimum absolute atomic E-state index is 0.140. The van der Waals surface area contributed by atoms with Gasteiger partial charge in [0.05, 0.1) is 36.4 Å². The monoisotopic (exact) mass is 409 g/mol. The highest BCUT2D eigenvalue weighted by molar-refractivity contribution is 5.75. The van der Waals surface area contributed by atoms with E-state index in [-0.39, 0.29) is 17.9 Å². The normalized spacial score (nSPS) is 23.2. The summed E-state index contributed by atoms with van der Waals surface area (Å²) in [6, 6.07) is 4.93. The Morgan fingerprint density at radius 3 is 2.28 bits per heavy atom. The summed E-state index contributed by atoms with van der Waals surface area (Å²) in [7, 11) is 0. The van der Waals surface area contributed by atoms with Crippen molar-refractivity contribution < 1.29 is 27.5 Å². The molecule has 0 bridgehead atoms. The summed E-state index contributed by atoms with van der Waals surface area (Å²) in [6.45, 7) is 3.22. The van der Waals surface area contributed by atoms with Crippen LogP contribution in [0.3, 0.4) is 0 Å². The minimum atomic E-state index is -4.39. The molecular formula is C20H22F3N3O3. The van der Waals surface area contributed by atoms with E-state index >= 15 is 0 Å². The fourth-order valence-corrected chi connectivity index (χ4v) is 3.99. The van der Waals surface area contributed by atoms with Crippen LogP contribution in [0.15, 0.2) is 34.9 Å². The maximum Gasteiger partial charge on any atom is 0.416 e. The molecule has 2 unspecified atom stereocenters. The molecule has 156 valence electrons. The maximum atomic E-state index is 12.9. The Kier molecular flexibility index (Phi) is 5.02. The molecule has 1 aromatic carbocycles. The van der Waals surface area contributed by atoms with Crippen molar-refractivity contribution in [2.45, 2.75) is 37.5 Å². The highest BCUT2D eigenvalue weighted by Crippen LogP contribution is 2.37. The van der Waals surface area contributed by atoms with E-state index in [1.807, 2.05) is 6.92 Å². The van der Waals surface area contributed by atoms with Crippen molar-refractivity contribution in [3.8, 4) is 0 Å². The third-order valence-electron chi connectivity index (χ3n) is 5.55. The number of aromatic nitrogens is 1. The molecule has 0 spiro atoms. The standard InChI is InChI=1S/C20H22F3N3O3/c1-12-11-29-18(24-12)15-6-14(13-2-4-16(5-3-13)20(21,22)23)7-25(8-15)19(28)26-9-17(27)10-26/h2-5,11,14-15,17,27H,6-10H2,1H3. The number of aryl methyl sites for hydroxylation is 1. The van der Waals surface area contributed by atoms with Gasteiger partial charge in [-0.1, -0.05) is 12.1 Å². The molecule has 6 nitrogen and oxygen atoms in total. The second-order valence-electron chi connectivity index (χ2n) is 7.82. The van der Waals surface area contributed by atoms with E-state index < -0.39 is 17.8 Å². The van der Waals surface area contributed by atoms with Gasteiger partial charge in [0.15, 0.2) is 5.89 Å². The number of piperidine rings is 1. The molecule has 0 radical (unpaired) electrons. The third kappa shape index (κ3) is 4.10. The molecule has 2 aliphatic heterocycles. The zero-order valence-electron chi connectivity index (χ0n) is 15.9. The van der Waals surface area contributed by atoms with E-state index in [0.717, 1.165) is 23.4 Å². The van der Waals surface area contributed by atoms with E-state index in [9.17, 15) is 23.1 Å². The molecule has 2 saturated heterocycles. The Labute approximate surface area is 165 Å². The van der Waals surface area contributed by atoms with Crippen LogP contribution in [0.2, 0.25) is 0 Å². The molecule has 0 saturated carbocycles. The lowest BCUT2D eigenvalue weighted by Gasteiger charge is -2.43. The van der Waals surface area contributed by atoms with E-state index in [1.165, 1.54) is 12.1 Å². The molecule has 9 heteroatoms. The van der Waals surface area contributed by atoms with Crippen LogP contribution in [0.5, 0.6) is 0 Å². The number of oxazole rings is 1. The van der Waals surface area contributed by atoms with Crippen molar-refractivity contribution in [2.75, 3.05) is 26.2 Å². The average molecular weight is 409 g/mol. The number of alkyl halides is 3. The van der Waals surface area contributed by atoms with Crippen LogP contribution in [-0.2, 0) is 6.18 Å². The van der Waals surface area contributed by atoms with Crippen LogP contribution in [-0.4, -0.2) is 58.2 Å². The molecule has 2 atom stereocenters. The molecule has 2 aliphatic rings. The van der Waals surface area contributed by atoms with Gasteiger partial charge in [-0.3, -0.25) is 0 Å². The molecule has 0 aliphatic carbocycles. The summed E-state index contributed by atoms with van der Waals surface area (Å²) < 4.78 is 44.2. The summed E-state index contributed by atoms with van der Waals surface area (Å²) in [5.41, 5.74) is 0.784. The number of nitrogens with zero attached hydrogens (tertiary/aromatic N) is 3. The highest BCUT2D eigenvalue weighted by atomic mass is 19.4. The molecule has 3 heterocycles. The lowest BCUT2D eigenvalue weighted by Crippen LogP contribution is -2.59. The number of carbonyl (C=O) groups excluding carboxylic acids is 1. The van der Waals surface area contributed by atoms with Crippen LogP contribution in [0, 0.1) is 6.92 Å². The van der Waals surface area contributed by atoms with Gasteiger partial charge in [-0.15, -0.1) is 0 Å². The molecule has 2 fully saturated rings. The summed E-state index contributed by atoms with van der Waals surface area (Å²) >= 11 is 0. The van der Waals surface area contributed by atoms with Crippen molar-refractivity contribution in [3.63, 3.8) is 0 Å². The van der Waals surface area contributed by atoms with Crippen molar-refractivity contribution in [1.29, 1.82) is 0 Å². The molecule has 1 aromatic heterocycles. The van der Waals surface area contributed by atoms with Gasteiger partial charge < -0.3 is 19.3 Å². The molecule has 2 aromatic rings. The Hall–Kier alpha value is -2.55. The quantitative estimate of drug-likeness (QED) is 0.826. The predicted octanol–water partition coefficient (Wildman–Crippen LogP) is 3.37. The first kappa shape index (κ1) is 19.8. The number of carbonyl (C=O) groups is 1. The zero-order valence-corrected chi connectivity index (χ0v) is 15.9. The fourth-order valence-electron chi connectivity index (χ4n) is 3.99. The van der Waals surface area contributed by atoms with E-state index in [1.54, 1.807) is 16.1 Å². The van der Waals surface area contributed by atoms with Gasteiger partial charge >= 0.3 is 12.2 Å². The average Bonchev–Trinajstić information content (AvgIpc) is 3.10. The lowest BCUT2D eigenvalue weighted by molar-refractivity contribution is -0.137. The summed E-state index contributed by atoms with van der Waals surface area (Å²) in [4.78, 5) is 20.4. The van der Waals surface area contributed by atoms with Crippen LogP contribution in [0.25, 0.3) is 0 Å². The number of rotatable bonds is 2. The van der Waals surface area contributed by atoms with Crippen LogP contribution in [0.4, 0.5) is 18.0 Å². The number of amides is 2. The Balaban J connectivity index is 1.57. The number of urea groups is 1. The number of β-amino-alcohol motifs (C(OH)–C–C–N with tert-alkyl or cyclic N) is 1. The summed E-state index contributed by atoms with van der Waals surface area (Å²) in [5, 5.41) is 9.49. The van der Waals surface area contributed by atoms with Gasteiger partial charge in [0.25, 0.3) is 0 Å². The van der Waals surface area contributed by atoms with Crippen LogP contribution >= 0.6 is 0 Å². The molecule has 4 rings (SSSR count). The number of aliphatic hydroxyl groups is 1. The van der Waals surface area contributed by atoms with E-state index in [0.29, 0.717) is 38.5 Å². The number of benzene rings is 1. The zero-order chi connectivity index (χ0) is 20.8. The Morgan fingerprint density at radius 1 is 1.10 bits per heavy atom. The molecule has 29 heavy (non-hydrogen) atoms. The lowest BCUT2D eigenvalue weighted by atomic mass is 9.84. The van der Waals surface area contributed by atoms with Crippen LogP contribution < -0.4 is 0 Å². The highest BCUT2D eigenvalue weighted by Gasteiger charge is 2.39. The summed E-state index contributed by atoms with van der Waals surface area (Å²) in [5.74, 6) is 0.235. The molecular weight excluding hydrogens is 387 g/mol. The topological polar surface area (TPSA) is 69.8 Å². The largest absolute Gasteiger partial charge is 0.448 e. The van der Waals surface area contributed by atoms with Gasteiger partial charge in [-0.2, -0.15) is 13.2 Å². The maximum absolute atomic E-state index is 12.9. The fraction of sp³-hybridized carbons (Fsp3) is 0.500.